The highest BCUT2D eigenvalue weighted by atomic mass is 19.1. The summed E-state index contributed by atoms with van der Waals surface area (Å²) < 4.78 is 25.1. The summed E-state index contributed by atoms with van der Waals surface area (Å²) in [7, 11) is 3.25. The molecule has 6 heteroatoms. The van der Waals surface area contributed by atoms with E-state index in [1.807, 2.05) is 35.2 Å². The van der Waals surface area contributed by atoms with E-state index in [1.54, 1.807) is 20.3 Å². The summed E-state index contributed by atoms with van der Waals surface area (Å²) in [5.41, 5.74) is 1.42. The molecule has 1 saturated heterocycles. The number of halogens is 1. The Morgan fingerprint density at radius 2 is 2.00 bits per heavy atom. The number of rotatable bonds is 6. The molecule has 0 aromatic heterocycles. The van der Waals surface area contributed by atoms with Crippen molar-refractivity contribution in [1.82, 2.24) is 10.2 Å². The van der Waals surface area contributed by atoms with Crippen LogP contribution in [0.5, 0.6) is 11.5 Å². The number of ether oxygens (including phenoxy) is 2. The minimum Gasteiger partial charge on any atom is -0.497 e. The molecule has 154 valence electrons. The summed E-state index contributed by atoms with van der Waals surface area (Å²) >= 11 is 0. The number of nitrogens with one attached hydrogen (secondary N) is 1. The van der Waals surface area contributed by atoms with Gasteiger partial charge >= 0.3 is 6.03 Å². The van der Waals surface area contributed by atoms with Crippen molar-refractivity contribution in [3.63, 3.8) is 0 Å². The van der Waals surface area contributed by atoms with Crippen molar-refractivity contribution < 1.29 is 18.7 Å². The van der Waals surface area contributed by atoms with Crippen LogP contribution in [0, 0.1) is 5.82 Å². The number of carbonyl (C=O) groups is 1. The largest absolute Gasteiger partial charge is 0.497 e. The Kier molecular flexibility index (Phi) is 5.35. The predicted molar refractivity (Wildman–Crippen MR) is 109 cm³/mol. The van der Waals surface area contributed by atoms with Gasteiger partial charge in [-0.2, -0.15) is 0 Å². The van der Waals surface area contributed by atoms with Gasteiger partial charge in [-0.25, -0.2) is 9.18 Å². The van der Waals surface area contributed by atoms with Crippen LogP contribution in [-0.4, -0.2) is 38.2 Å². The van der Waals surface area contributed by atoms with E-state index in [0.29, 0.717) is 18.7 Å². The quantitative estimate of drug-likeness (QED) is 0.784. The number of hydrogen-bond donors (Lipinski definition) is 1. The second-order valence-electron chi connectivity index (χ2n) is 7.88. The molecule has 4 rings (SSSR count). The van der Waals surface area contributed by atoms with E-state index in [9.17, 15) is 9.18 Å². The molecule has 1 aliphatic heterocycles. The average molecular weight is 398 g/mol. The van der Waals surface area contributed by atoms with E-state index in [4.69, 9.17) is 9.47 Å². The van der Waals surface area contributed by atoms with Gasteiger partial charge in [0.15, 0.2) is 0 Å². The first-order valence-electron chi connectivity index (χ1n) is 10.1. The van der Waals surface area contributed by atoms with E-state index in [-0.39, 0.29) is 23.3 Å². The lowest BCUT2D eigenvalue weighted by Crippen LogP contribution is -2.42. The van der Waals surface area contributed by atoms with Gasteiger partial charge in [-0.3, -0.25) is 0 Å². The second kappa shape index (κ2) is 7.93. The molecular formula is C23H27FN2O3. The summed E-state index contributed by atoms with van der Waals surface area (Å²) in [5, 5.41) is 3.07. The molecule has 2 aliphatic rings. The molecule has 5 nitrogen and oxygen atoms in total. The van der Waals surface area contributed by atoms with Crippen molar-refractivity contribution in [3.05, 3.63) is 59.4 Å². The fourth-order valence-electron chi connectivity index (χ4n) is 4.36. The number of benzene rings is 2. The first kappa shape index (κ1) is 19.6. The van der Waals surface area contributed by atoms with Crippen LogP contribution in [0.3, 0.4) is 0 Å². The van der Waals surface area contributed by atoms with Crippen LogP contribution in [0.25, 0.3) is 0 Å². The zero-order chi connectivity index (χ0) is 20.4. The number of urea groups is 1. The summed E-state index contributed by atoms with van der Waals surface area (Å²) in [5.74, 6) is 1.25. The maximum atomic E-state index is 14.2. The molecular weight excluding hydrogens is 371 g/mol. The van der Waals surface area contributed by atoms with Crippen LogP contribution < -0.4 is 14.8 Å². The Balaban J connectivity index is 1.47. The smallest absolute Gasteiger partial charge is 0.317 e. The topological polar surface area (TPSA) is 50.8 Å². The Hall–Kier alpha value is -2.76. The third-order valence-electron chi connectivity index (χ3n) is 6.19. The first-order valence-corrected chi connectivity index (χ1v) is 10.1. The molecule has 1 aliphatic carbocycles. The Morgan fingerprint density at radius 1 is 1.21 bits per heavy atom. The molecule has 0 spiro atoms. The normalized spacial score (nSPS) is 19.7. The highest BCUT2D eigenvalue weighted by molar-refractivity contribution is 5.75. The summed E-state index contributed by atoms with van der Waals surface area (Å²) in [6.07, 6.45) is 3.61. The Morgan fingerprint density at radius 3 is 2.69 bits per heavy atom. The van der Waals surface area contributed by atoms with Crippen LogP contribution in [0.2, 0.25) is 0 Å². The lowest BCUT2D eigenvalue weighted by Gasteiger charge is -2.28. The molecule has 29 heavy (non-hydrogen) atoms. The minimum absolute atomic E-state index is 0.0422. The standard InChI is InChI=1S/C23H27FN2O3/c1-28-16-9-10-17(21(14-16)29-2)20-8-5-13-26(20)22(27)25-15-23(11-12-23)18-6-3-4-7-19(18)24/h3-4,6-7,9-10,14,20H,5,8,11-13,15H2,1-2H3,(H,25,27). The summed E-state index contributed by atoms with van der Waals surface area (Å²) in [6.45, 7) is 1.15. The third-order valence-corrected chi connectivity index (χ3v) is 6.19. The number of carbonyl (C=O) groups excluding carboxylic acids is 1. The second-order valence-corrected chi connectivity index (χ2v) is 7.88. The monoisotopic (exact) mass is 398 g/mol. The number of nitrogens with zero attached hydrogens (tertiary/aromatic N) is 1. The average Bonchev–Trinajstić information content (AvgIpc) is 3.38. The molecule has 2 fully saturated rings. The molecule has 1 saturated carbocycles. The lowest BCUT2D eigenvalue weighted by atomic mass is 9.95. The Labute approximate surface area is 170 Å². The van der Waals surface area contributed by atoms with Crippen molar-refractivity contribution in [3.8, 4) is 11.5 Å². The van der Waals surface area contributed by atoms with E-state index in [1.165, 1.54) is 6.07 Å². The maximum Gasteiger partial charge on any atom is 0.317 e. The van der Waals surface area contributed by atoms with Gasteiger partial charge in [-0.1, -0.05) is 18.2 Å². The molecule has 2 aromatic carbocycles. The maximum absolute atomic E-state index is 14.2. The number of amides is 2. The van der Waals surface area contributed by atoms with E-state index >= 15 is 0 Å². The molecule has 1 heterocycles. The highest BCUT2D eigenvalue weighted by Crippen LogP contribution is 2.48. The molecule has 1 N–H and O–H groups in total. The van der Waals surface area contributed by atoms with Gasteiger partial charge in [0.25, 0.3) is 0 Å². The fraction of sp³-hybridized carbons (Fsp3) is 0.435. The van der Waals surface area contributed by atoms with Gasteiger partial charge in [-0.15, -0.1) is 0 Å². The minimum atomic E-state index is -0.270. The van der Waals surface area contributed by atoms with E-state index < -0.39 is 0 Å². The van der Waals surface area contributed by atoms with Gasteiger partial charge in [-0.05, 0) is 49.4 Å². The molecule has 1 atom stereocenters. The number of likely N-dealkylation sites (tertiary alicyclic amines) is 1. The van der Waals surface area contributed by atoms with Crippen molar-refractivity contribution in [1.29, 1.82) is 0 Å². The van der Waals surface area contributed by atoms with Crippen molar-refractivity contribution in [2.45, 2.75) is 37.1 Å². The third kappa shape index (κ3) is 3.76. The SMILES string of the molecule is COc1ccc(C2CCCN2C(=O)NCC2(c3ccccc3F)CC2)c(OC)c1. The van der Waals surface area contributed by atoms with Gasteiger partial charge in [0.05, 0.1) is 20.3 Å². The van der Waals surface area contributed by atoms with Gasteiger partial charge < -0.3 is 19.7 Å². The van der Waals surface area contributed by atoms with Crippen LogP contribution in [0.15, 0.2) is 42.5 Å². The summed E-state index contributed by atoms with van der Waals surface area (Å²) in [4.78, 5) is 14.9. The summed E-state index contributed by atoms with van der Waals surface area (Å²) in [6, 6.07) is 12.4. The van der Waals surface area contributed by atoms with Gasteiger partial charge in [0.2, 0.25) is 0 Å². The highest BCUT2D eigenvalue weighted by Gasteiger charge is 2.46. The first-order chi connectivity index (χ1) is 14.1. The van der Waals surface area contributed by atoms with Gasteiger partial charge in [0, 0.05) is 30.1 Å². The van der Waals surface area contributed by atoms with Crippen molar-refractivity contribution in [2.24, 2.45) is 0 Å². The molecule has 0 bridgehead atoms. The molecule has 0 radical (unpaired) electrons. The molecule has 2 aromatic rings. The molecule has 1 unspecified atom stereocenters. The van der Waals surface area contributed by atoms with Crippen molar-refractivity contribution >= 4 is 6.03 Å². The fourth-order valence-corrected chi connectivity index (χ4v) is 4.36. The van der Waals surface area contributed by atoms with Crippen LogP contribution in [-0.2, 0) is 5.41 Å². The number of hydrogen-bond acceptors (Lipinski definition) is 3. The van der Waals surface area contributed by atoms with Crippen molar-refractivity contribution in [2.75, 3.05) is 27.3 Å². The lowest BCUT2D eigenvalue weighted by molar-refractivity contribution is 0.191. The molecule has 2 amide bonds. The van der Waals surface area contributed by atoms with Gasteiger partial charge in [0.1, 0.15) is 17.3 Å². The number of methoxy groups -OCH3 is 2. The van der Waals surface area contributed by atoms with E-state index in [0.717, 1.165) is 42.7 Å². The zero-order valence-corrected chi connectivity index (χ0v) is 16.9. The zero-order valence-electron chi connectivity index (χ0n) is 16.9. The predicted octanol–water partition coefficient (Wildman–Crippen LogP) is 4.42. The van der Waals surface area contributed by atoms with Crippen LogP contribution in [0.1, 0.15) is 42.9 Å². The van der Waals surface area contributed by atoms with Crippen LogP contribution >= 0.6 is 0 Å². The van der Waals surface area contributed by atoms with E-state index in [2.05, 4.69) is 5.32 Å². The Bertz CT molecular complexity index is 897. The van der Waals surface area contributed by atoms with Crippen LogP contribution in [0.4, 0.5) is 9.18 Å².